The molecule has 0 saturated heterocycles. The molecule has 2 heterocycles. The summed E-state index contributed by atoms with van der Waals surface area (Å²) in [5.41, 5.74) is 4.51. The van der Waals surface area contributed by atoms with E-state index in [2.05, 4.69) is 48.2 Å². The summed E-state index contributed by atoms with van der Waals surface area (Å²) in [4.78, 5) is 14.5. The number of halogens is 1. The minimum absolute atomic E-state index is 0.0601. The highest BCUT2D eigenvalue weighted by Gasteiger charge is 2.20. The van der Waals surface area contributed by atoms with Crippen LogP contribution in [0.25, 0.3) is 16.5 Å². The van der Waals surface area contributed by atoms with Gasteiger partial charge in [-0.15, -0.1) is 0 Å². The van der Waals surface area contributed by atoms with E-state index in [-0.39, 0.29) is 5.91 Å². The van der Waals surface area contributed by atoms with E-state index in [1.165, 1.54) is 22.0 Å². The first-order chi connectivity index (χ1) is 12.1. The summed E-state index contributed by atoms with van der Waals surface area (Å²) < 4.78 is 2.16. The normalized spacial score (nSPS) is 14.6. The Morgan fingerprint density at radius 3 is 2.56 bits per heavy atom. The summed E-state index contributed by atoms with van der Waals surface area (Å²) >= 11 is 5.90. The van der Waals surface area contributed by atoms with Gasteiger partial charge < -0.3 is 9.47 Å². The molecule has 3 aromatic rings. The number of carbonyl (C=O) groups is 1. The lowest BCUT2D eigenvalue weighted by Crippen LogP contribution is -2.34. The number of para-hydroxylation sites is 1. The topological polar surface area (TPSA) is 25.2 Å². The van der Waals surface area contributed by atoms with Crippen LogP contribution in [0.15, 0.2) is 60.8 Å². The van der Waals surface area contributed by atoms with Gasteiger partial charge in [0.2, 0.25) is 0 Å². The molecule has 0 saturated carbocycles. The molecule has 0 N–H and O–H groups in total. The minimum Gasteiger partial charge on any atom is -0.350 e. The van der Waals surface area contributed by atoms with E-state index in [0.29, 0.717) is 17.1 Å². The molecule has 0 spiro atoms. The Kier molecular flexibility index (Phi) is 4.10. The highest BCUT2D eigenvalue weighted by atomic mass is 35.5. The molecule has 3 nitrogen and oxygen atoms in total. The fourth-order valence-electron chi connectivity index (χ4n) is 3.47. The van der Waals surface area contributed by atoms with E-state index >= 15 is 0 Å². The predicted octanol–water partition coefficient (Wildman–Crippen LogP) is 4.76. The number of carbonyl (C=O) groups excluding carboxylic acids is 1. The van der Waals surface area contributed by atoms with Gasteiger partial charge in [0, 0.05) is 53.4 Å². The highest BCUT2D eigenvalue weighted by Crippen LogP contribution is 2.30. The Morgan fingerprint density at radius 2 is 1.84 bits per heavy atom. The Hall–Kier alpha value is -2.52. The summed E-state index contributed by atoms with van der Waals surface area (Å²) in [7, 11) is 2.07. The molecule has 2 aromatic carbocycles. The number of hydrogen-bond acceptors (Lipinski definition) is 1. The van der Waals surface area contributed by atoms with Gasteiger partial charge >= 0.3 is 0 Å². The predicted molar refractivity (Wildman–Crippen MR) is 103 cm³/mol. The van der Waals surface area contributed by atoms with Crippen LogP contribution in [0.4, 0.5) is 0 Å². The first kappa shape index (κ1) is 16.0. The van der Waals surface area contributed by atoms with Gasteiger partial charge in [-0.25, -0.2) is 0 Å². The van der Waals surface area contributed by atoms with Crippen molar-refractivity contribution in [3.8, 4) is 0 Å². The molecule has 0 unspecified atom stereocenters. The molecule has 1 aliphatic rings. The summed E-state index contributed by atoms with van der Waals surface area (Å²) in [6, 6.07) is 15.5. The van der Waals surface area contributed by atoms with Crippen LogP contribution in [0, 0.1) is 0 Å². The quantitative estimate of drug-likeness (QED) is 0.654. The number of hydrogen-bond donors (Lipinski definition) is 0. The summed E-state index contributed by atoms with van der Waals surface area (Å²) in [6.07, 6.45) is 5.24. The number of aromatic nitrogens is 1. The lowest BCUT2D eigenvalue weighted by atomic mass is 9.98. The van der Waals surface area contributed by atoms with Crippen LogP contribution in [0.3, 0.4) is 0 Å². The van der Waals surface area contributed by atoms with Crippen LogP contribution in [0.5, 0.6) is 0 Å². The number of amides is 1. The second-order valence-corrected chi connectivity index (χ2v) is 6.84. The molecule has 1 aliphatic heterocycles. The molecule has 0 bridgehead atoms. The van der Waals surface area contributed by atoms with Gasteiger partial charge in [0.15, 0.2) is 0 Å². The average molecular weight is 351 g/mol. The van der Waals surface area contributed by atoms with Crippen molar-refractivity contribution in [3.05, 3.63) is 77.0 Å². The Labute approximate surface area is 152 Å². The molecular formula is C21H19ClN2O. The standard InChI is InChI=1S/C21H19ClN2O/c1-23-14-19(18-4-2-3-5-20(18)23)15-10-12-24(13-11-15)21(25)16-6-8-17(22)9-7-16/h2-10,14H,11-13H2,1H3. The van der Waals surface area contributed by atoms with Gasteiger partial charge in [-0.05, 0) is 42.3 Å². The van der Waals surface area contributed by atoms with Gasteiger partial charge in [-0.2, -0.15) is 0 Å². The van der Waals surface area contributed by atoms with Crippen molar-refractivity contribution in [1.29, 1.82) is 0 Å². The van der Waals surface area contributed by atoms with Crippen LogP contribution < -0.4 is 0 Å². The molecule has 0 radical (unpaired) electrons. The maximum Gasteiger partial charge on any atom is 0.254 e. The number of aryl methyl sites for hydroxylation is 1. The fraction of sp³-hybridized carbons (Fsp3) is 0.190. The number of rotatable bonds is 2. The zero-order valence-electron chi connectivity index (χ0n) is 14.1. The monoisotopic (exact) mass is 350 g/mol. The van der Waals surface area contributed by atoms with Crippen molar-refractivity contribution in [1.82, 2.24) is 9.47 Å². The van der Waals surface area contributed by atoms with E-state index in [1.54, 1.807) is 24.3 Å². The smallest absolute Gasteiger partial charge is 0.254 e. The first-order valence-corrected chi connectivity index (χ1v) is 8.79. The van der Waals surface area contributed by atoms with Gasteiger partial charge in [0.1, 0.15) is 0 Å². The highest BCUT2D eigenvalue weighted by molar-refractivity contribution is 6.30. The zero-order valence-corrected chi connectivity index (χ0v) is 14.8. The summed E-state index contributed by atoms with van der Waals surface area (Å²) in [6.45, 7) is 1.37. The van der Waals surface area contributed by atoms with Gasteiger partial charge in [0.05, 0.1) is 0 Å². The third kappa shape index (κ3) is 2.96. The third-order valence-corrected chi connectivity index (χ3v) is 5.08. The van der Waals surface area contributed by atoms with Crippen molar-refractivity contribution in [3.63, 3.8) is 0 Å². The van der Waals surface area contributed by atoms with Crippen LogP contribution >= 0.6 is 11.6 Å². The molecule has 126 valence electrons. The van der Waals surface area contributed by atoms with Gasteiger partial charge in [0.25, 0.3) is 5.91 Å². The van der Waals surface area contributed by atoms with E-state index < -0.39 is 0 Å². The van der Waals surface area contributed by atoms with Gasteiger partial charge in [-0.3, -0.25) is 4.79 Å². The molecule has 25 heavy (non-hydrogen) atoms. The van der Waals surface area contributed by atoms with Crippen LogP contribution in [-0.2, 0) is 7.05 Å². The van der Waals surface area contributed by atoms with E-state index in [4.69, 9.17) is 11.6 Å². The summed E-state index contributed by atoms with van der Waals surface area (Å²) in [5.74, 6) is 0.0601. The maximum absolute atomic E-state index is 12.6. The first-order valence-electron chi connectivity index (χ1n) is 8.42. The molecule has 0 atom stereocenters. The molecule has 4 heteroatoms. The molecule has 0 aliphatic carbocycles. The lowest BCUT2D eigenvalue weighted by molar-refractivity contribution is 0.0773. The van der Waals surface area contributed by atoms with Crippen LogP contribution in [-0.4, -0.2) is 28.5 Å². The second kappa shape index (κ2) is 6.41. The molecular weight excluding hydrogens is 332 g/mol. The van der Waals surface area contributed by atoms with E-state index in [9.17, 15) is 4.79 Å². The fourth-order valence-corrected chi connectivity index (χ4v) is 3.60. The second-order valence-electron chi connectivity index (χ2n) is 6.41. The van der Waals surface area contributed by atoms with Crippen molar-refractivity contribution in [2.24, 2.45) is 7.05 Å². The molecule has 1 amide bonds. The summed E-state index contributed by atoms with van der Waals surface area (Å²) in [5, 5.41) is 1.92. The molecule has 0 fully saturated rings. The van der Waals surface area contributed by atoms with E-state index in [0.717, 1.165) is 13.0 Å². The van der Waals surface area contributed by atoms with Crippen molar-refractivity contribution < 1.29 is 4.79 Å². The SMILES string of the molecule is Cn1cc(C2=CCN(C(=O)c3ccc(Cl)cc3)CC2)c2ccccc21. The zero-order chi connectivity index (χ0) is 17.4. The number of benzene rings is 2. The average Bonchev–Trinajstić information content (AvgIpc) is 2.99. The molecule has 1 aromatic heterocycles. The van der Waals surface area contributed by atoms with Crippen molar-refractivity contribution in [2.75, 3.05) is 13.1 Å². The largest absolute Gasteiger partial charge is 0.350 e. The maximum atomic E-state index is 12.6. The third-order valence-electron chi connectivity index (χ3n) is 4.83. The van der Waals surface area contributed by atoms with Crippen molar-refractivity contribution in [2.45, 2.75) is 6.42 Å². The molecule has 4 rings (SSSR count). The van der Waals surface area contributed by atoms with E-state index in [1.807, 2.05) is 4.90 Å². The van der Waals surface area contributed by atoms with Crippen LogP contribution in [0.2, 0.25) is 5.02 Å². The Bertz CT molecular complexity index is 969. The number of fused-ring (bicyclic) bond motifs is 1. The lowest BCUT2D eigenvalue weighted by Gasteiger charge is -2.26. The van der Waals surface area contributed by atoms with Crippen LogP contribution in [0.1, 0.15) is 22.3 Å². The van der Waals surface area contributed by atoms with Crippen molar-refractivity contribution >= 4 is 34.0 Å². The minimum atomic E-state index is 0.0601. The number of nitrogens with zero attached hydrogens (tertiary/aromatic N) is 2. The Balaban J connectivity index is 1.57. The van der Waals surface area contributed by atoms with Gasteiger partial charge in [-0.1, -0.05) is 35.9 Å². The Morgan fingerprint density at radius 1 is 1.08 bits per heavy atom.